The summed E-state index contributed by atoms with van der Waals surface area (Å²) in [5.41, 5.74) is -1.46. The van der Waals surface area contributed by atoms with Gasteiger partial charge in [-0.2, -0.15) is 13.2 Å². The van der Waals surface area contributed by atoms with Gasteiger partial charge in [0.2, 0.25) is 0 Å². The van der Waals surface area contributed by atoms with Crippen molar-refractivity contribution in [3.63, 3.8) is 0 Å². The van der Waals surface area contributed by atoms with Gasteiger partial charge < -0.3 is 10.0 Å². The molecule has 2 nitrogen and oxygen atoms in total. The first-order chi connectivity index (χ1) is 9.85. The van der Waals surface area contributed by atoms with Crippen molar-refractivity contribution in [1.82, 2.24) is 4.90 Å². The molecule has 0 aliphatic carbocycles. The molecule has 1 aliphatic rings. The zero-order chi connectivity index (χ0) is 15.5. The number of halogens is 3. The molecule has 0 aromatic heterocycles. The Morgan fingerprint density at radius 1 is 1.24 bits per heavy atom. The van der Waals surface area contributed by atoms with Crippen molar-refractivity contribution in [3.05, 3.63) is 35.4 Å². The molecule has 0 saturated carbocycles. The molecule has 1 N–H and O–H groups in total. The topological polar surface area (TPSA) is 23.5 Å². The first-order valence-electron chi connectivity index (χ1n) is 7.47. The van der Waals surface area contributed by atoms with Crippen LogP contribution in [0.15, 0.2) is 24.3 Å². The summed E-state index contributed by atoms with van der Waals surface area (Å²) < 4.78 is 38.4. The Bertz CT molecular complexity index is 475. The molecule has 1 aliphatic heterocycles. The Hall–Kier alpha value is -1.07. The Kier molecular flexibility index (Phi) is 4.94. The molecule has 5 heteroatoms. The first kappa shape index (κ1) is 16.3. The second-order valence-electron chi connectivity index (χ2n) is 5.81. The van der Waals surface area contributed by atoms with Gasteiger partial charge in [0.25, 0.3) is 0 Å². The quantitative estimate of drug-likeness (QED) is 0.918. The summed E-state index contributed by atoms with van der Waals surface area (Å²) in [6, 6.07) is 5.12. The maximum Gasteiger partial charge on any atom is 0.416 e. The summed E-state index contributed by atoms with van der Waals surface area (Å²) in [5, 5.41) is 10.8. The molecule has 2 rings (SSSR count). The van der Waals surface area contributed by atoms with Crippen LogP contribution in [0.4, 0.5) is 13.2 Å². The standard InChI is InChI=1S/C16H22F3NO/c1-2-9-20-10-4-7-15(21,8-11-20)13-5-3-6-14(12-13)16(17,18)19/h3,5-6,12,21H,2,4,7-11H2,1H3. The highest BCUT2D eigenvalue weighted by Crippen LogP contribution is 2.36. The van der Waals surface area contributed by atoms with E-state index in [1.165, 1.54) is 6.07 Å². The molecule has 0 amide bonds. The highest BCUT2D eigenvalue weighted by Gasteiger charge is 2.35. The summed E-state index contributed by atoms with van der Waals surface area (Å²) in [4.78, 5) is 2.27. The van der Waals surface area contributed by atoms with Gasteiger partial charge in [-0.1, -0.05) is 19.1 Å². The molecule has 1 unspecified atom stereocenters. The van der Waals surface area contributed by atoms with Crippen molar-refractivity contribution in [1.29, 1.82) is 0 Å². The Labute approximate surface area is 123 Å². The van der Waals surface area contributed by atoms with E-state index in [1.807, 2.05) is 0 Å². The van der Waals surface area contributed by atoms with Gasteiger partial charge in [-0.15, -0.1) is 0 Å². The number of alkyl halides is 3. The number of likely N-dealkylation sites (tertiary alicyclic amines) is 1. The van der Waals surface area contributed by atoms with Gasteiger partial charge in [0.05, 0.1) is 11.2 Å². The zero-order valence-electron chi connectivity index (χ0n) is 12.3. The van der Waals surface area contributed by atoms with E-state index in [2.05, 4.69) is 11.8 Å². The van der Waals surface area contributed by atoms with Crippen LogP contribution in [-0.2, 0) is 11.8 Å². The van der Waals surface area contributed by atoms with E-state index in [9.17, 15) is 18.3 Å². The predicted octanol–water partition coefficient (Wildman–Crippen LogP) is 3.79. The lowest BCUT2D eigenvalue weighted by Crippen LogP contribution is -2.30. The number of nitrogens with zero attached hydrogens (tertiary/aromatic N) is 1. The van der Waals surface area contributed by atoms with Crippen molar-refractivity contribution in [2.24, 2.45) is 0 Å². The van der Waals surface area contributed by atoms with Crippen LogP contribution in [0, 0.1) is 0 Å². The van der Waals surface area contributed by atoms with Gasteiger partial charge in [-0.25, -0.2) is 0 Å². The van der Waals surface area contributed by atoms with E-state index in [1.54, 1.807) is 6.07 Å². The van der Waals surface area contributed by atoms with Crippen molar-refractivity contribution in [2.45, 2.75) is 44.4 Å². The van der Waals surface area contributed by atoms with E-state index in [0.717, 1.165) is 44.6 Å². The van der Waals surface area contributed by atoms with E-state index < -0.39 is 17.3 Å². The van der Waals surface area contributed by atoms with Crippen LogP contribution in [0.1, 0.15) is 43.7 Å². The minimum atomic E-state index is -4.37. The van der Waals surface area contributed by atoms with Crippen LogP contribution in [0.3, 0.4) is 0 Å². The molecule has 21 heavy (non-hydrogen) atoms. The molecule has 0 spiro atoms. The normalized spacial score (nSPS) is 24.8. The fourth-order valence-electron chi connectivity index (χ4n) is 2.99. The summed E-state index contributed by atoms with van der Waals surface area (Å²) in [7, 11) is 0. The van der Waals surface area contributed by atoms with Gasteiger partial charge in [0.1, 0.15) is 0 Å². The molecule has 1 aromatic carbocycles. The lowest BCUT2D eigenvalue weighted by Gasteiger charge is -2.28. The second-order valence-corrected chi connectivity index (χ2v) is 5.81. The maximum absolute atomic E-state index is 12.8. The molecular weight excluding hydrogens is 279 g/mol. The molecule has 1 atom stereocenters. The molecule has 0 radical (unpaired) electrons. The summed E-state index contributed by atoms with van der Waals surface area (Å²) in [5.74, 6) is 0. The third-order valence-corrected chi connectivity index (χ3v) is 4.17. The van der Waals surface area contributed by atoms with Crippen molar-refractivity contribution < 1.29 is 18.3 Å². The zero-order valence-corrected chi connectivity index (χ0v) is 12.3. The van der Waals surface area contributed by atoms with Crippen LogP contribution in [0.5, 0.6) is 0 Å². The van der Waals surface area contributed by atoms with E-state index in [-0.39, 0.29) is 0 Å². The largest absolute Gasteiger partial charge is 0.416 e. The number of rotatable bonds is 3. The SMILES string of the molecule is CCCN1CCCC(O)(c2cccc(C(F)(F)F)c2)CC1. The number of hydrogen-bond donors (Lipinski definition) is 1. The van der Waals surface area contributed by atoms with E-state index >= 15 is 0 Å². The van der Waals surface area contributed by atoms with Crippen molar-refractivity contribution >= 4 is 0 Å². The highest BCUT2D eigenvalue weighted by atomic mass is 19.4. The van der Waals surface area contributed by atoms with Gasteiger partial charge in [0.15, 0.2) is 0 Å². The first-order valence-corrected chi connectivity index (χ1v) is 7.47. The predicted molar refractivity (Wildman–Crippen MR) is 75.9 cm³/mol. The lowest BCUT2D eigenvalue weighted by atomic mass is 9.86. The molecule has 1 heterocycles. The third-order valence-electron chi connectivity index (χ3n) is 4.17. The average Bonchev–Trinajstić information content (AvgIpc) is 2.62. The minimum Gasteiger partial charge on any atom is -0.385 e. The van der Waals surface area contributed by atoms with Crippen molar-refractivity contribution in [3.8, 4) is 0 Å². The highest BCUT2D eigenvalue weighted by molar-refractivity contribution is 5.30. The number of benzene rings is 1. The lowest BCUT2D eigenvalue weighted by molar-refractivity contribution is -0.137. The van der Waals surface area contributed by atoms with Crippen LogP contribution < -0.4 is 0 Å². The smallest absolute Gasteiger partial charge is 0.385 e. The van der Waals surface area contributed by atoms with Crippen LogP contribution in [0.25, 0.3) is 0 Å². The molecule has 1 aromatic rings. The molecule has 1 fully saturated rings. The monoisotopic (exact) mass is 301 g/mol. The minimum absolute atomic E-state index is 0.385. The van der Waals surface area contributed by atoms with Crippen LogP contribution in [-0.4, -0.2) is 29.6 Å². The summed E-state index contributed by atoms with van der Waals surface area (Å²) in [6.07, 6.45) is -1.54. The maximum atomic E-state index is 12.8. The van der Waals surface area contributed by atoms with E-state index in [4.69, 9.17) is 0 Å². The second kappa shape index (κ2) is 6.36. The Balaban J connectivity index is 2.20. The molecule has 118 valence electrons. The van der Waals surface area contributed by atoms with Gasteiger partial charge in [-0.05, 0) is 56.5 Å². The van der Waals surface area contributed by atoms with Crippen LogP contribution in [0.2, 0.25) is 0 Å². The van der Waals surface area contributed by atoms with Crippen molar-refractivity contribution in [2.75, 3.05) is 19.6 Å². The van der Waals surface area contributed by atoms with Gasteiger partial charge in [0, 0.05) is 6.54 Å². The fourth-order valence-corrected chi connectivity index (χ4v) is 2.99. The summed E-state index contributed by atoms with van der Waals surface area (Å²) >= 11 is 0. The Morgan fingerprint density at radius 2 is 2.00 bits per heavy atom. The van der Waals surface area contributed by atoms with E-state index in [0.29, 0.717) is 18.4 Å². The number of hydrogen-bond acceptors (Lipinski definition) is 2. The molecule has 1 saturated heterocycles. The number of aliphatic hydroxyl groups is 1. The molecule has 0 bridgehead atoms. The third kappa shape index (κ3) is 3.98. The van der Waals surface area contributed by atoms with Gasteiger partial charge >= 0.3 is 6.18 Å². The van der Waals surface area contributed by atoms with Crippen LogP contribution >= 0.6 is 0 Å². The molecular formula is C16H22F3NO. The average molecular weight is 301 g/mol. The summed E-state index contributed by atoms with van der Waals surface area (Å²) in [6.45, 7) is 4.69. The van der Waals surface area contributed by atoms with Gasteiger partial charge in [-0.3, -0.25) is 0 Å². The Morgan fingerprint density at radius 3 is 2.67 bits per heavy atom. The fraction of sp³-hybridized carbons (Fsp3) is 0.625.